The van der Waals surface area contributed by atoms with Crippen LogP contribution in [0.3, 0.4) is 0 Å². The van der Waals surface area contributed by atoms with Crippen molar-refractivity contribution in [3.63, 3.8) is 0 Å². The average Bonchev–Trinajstić information content (AvgIpc) is 3.43. The Bertz CT molecular complexity index is 3780. The third-order valence-electron chi connectivity index (χ3n) is 13.6. The van der Waals surface area contributed by atoms with Crippen molar-refractivity contribution in [1.29, 1.82) is 0 Å². The van der Waals surface area contributed by atoms with Crippen molar-refractivity contribution in [1.82, 2.24) is 0 Å². The molecule has 0 saturated carbocycles. The summed E-state index contributed by atoms with van der Waals surface area (Å²) in [5.41, 5.74) is -14.6. The second-order valence-electron chi connectivity index (χ2n) is 17.8. The molecule has 78 heavy (non-hydrogen) atoms. The van der Waals surface area contributed by atoms with Crippen LogP contribution in [-0.4, -0.2) is 182 Å². The van der Waals surface area contributed by atoms with Crippen LogP contribution >= 0.6 is 0 Å². The van der Waals surface area contributed by atoms with Gasteiger partial charge in [-0.1, -0.05) is 0 Å². The maximum Gasteiger partial charge on any atom is 0.552 e. The maximum atomic E-state index is 15.0. The van der Waals surface area contributed by atoms with Crippen molar-refractivity contribution in [3.05, 3.63) is 103 Å². The molecule has 0 amide bonds. The van der Waals surface area contributed by atoms with Crippen LogP contribution in [-0.2, 0) is 33.3 Å². The Kier molecular flexibility index (Phi) is 10.5. The molecular weight excluding hydrogens is 1060 g/mol. The number of aromatic hydroxyl groups is 12. The first-order chi connectivity index (χ1) is 36.8. The third-order valence-corrected chi connectivity index (χ3v) is 13.6. The van der Waals surface area contributed by atoms with Gasteiger partial charge in [-0.25, -0.2) is 19.2 Å². The Labute approximate surface area is 427 Å². The molecule has 30 nitrogen and oxygen atoms in total. The molecule has 0 spiro atoms. The number of ether oxygens (including phenoxy) is 7. The molecule has 1 saturated heterocycles. The van der Waals surface area contributed by atoms with Gasteiger partial charge in [-0.15, -0.1) is 0 Å². The van der Waals surface area contributed by atoms with Crippen LogP contribution in [0, 0.1) is 0 Å². The molecular formula is C48H32O30+2. The second-order valence-corrected chi connectivity index (χ2v) is 17.8. The van der Waals surface area contributed by atoms with Gasteiger partial charge in [-0.05, 0) is 24.3 Å². The minimum absolute atomic E-state index is 0.319. The lowest BCUT2D eigenvalue weighted by atomic mass is 9.72. The maximum absolute atomic E-state index is 15.0. The van der Waals surface area contributed by atoms with Crippen molar-refractivity contribution < 1.29 is 149 Å². The Morgan fingerprint density at radius 1 is 0.397 bits per heavy atom. The predicted molar refractivity (Wildman–Crippen MR) is 241 cm³/mol. The lowest BCUT2D eigenvalue weighted by Crippen LogP contribution is -2.62. The van der Waals surface area contributed by atoms with E-state index in [9.17, 15) is 116 Å². The van der Waals surface area contributed by atoms with Gasteiger partial charge < -0.3 is 120 Å². The SMILES string of the molecule is O=C1[OH+]C2C(O)=C(O)C3=C4C(=O)[OH+]C5C(O)=C(O)C(=C1C5=C42)c1cc(c(O)c(O)c1O)C(=O)OC[C@H]1O[C@@H](O)[C@@H]2OC(=O)c4cc(O)c(O)c(O)c4-c4c(cc(O)c(O)c4O)C(=O)O[C@H]2[C@@H]1OC(=O)c1cc(O)c(O)c(O)c13. The molecule has 19 N–H and O–H groups in total. The standard InChI is InChI=1S/C48H30O30/c49-11-2-7-16(29(57)26(11)54)17-8(3-12(50)27(55)30(17)58)45(68)78-41-40(77-44(7)67)37-14(73-48(41)71)5-72-42(65)10-1-6(24(52)34(62)25(10)53)15-22-20-21-23(47(70)76-38(20)35(63)32(15)60)19(33(61)36(64)39(21)75-46(22)69)18-9(43(66)74-37)4-13(51)28(56)31(18)59/h1-4,14,37-41,48-64,71H,5H2/p+2/t14-,37-,38?,39?,40+,41-,48-/m1/s1. The number of aliphatic carboxylic acids is 2. The van der Waals surface area contributed by atoms with E-state index in [1.165, 1.54) is 0 Å². The normalized spacial score (nSPS) is 24.6. The van der Waals surface area contributed by atoms with Crippen LogP contribution in [0.15, 0.2) is 69.6 Å². The zero-order valence-corrected chi connectivity index (χ0v) is 38.0. The van der Waals surface area contributed by atoms with Gasteiger partial charge in [-0.3, -0.25) is 0 Å². The number of carbonyl (C=O) groups excluding carboxylic acids is 4. The number of carboxylic acids is 2. The molecule has 1 fully saturated rings. The summed E-state index contributed by atoms with van der Waals surface area (Å²) in [7, 11) is 0. The molecule has 4 aromatic carbocycles. The molecule has 0 aromatic heterocycles. The molecule has 0 radical (unpaired) electrons. The molecule has 2 aliphatic carbocycles. The quantitative estimate of drug-likeness (QED) is 0.0479. The average molecular weight is 1090 g/mol. The van der Waals surface area contributed by atoms with Gasteiger partial charge in [0.25, 0.3) is 0 Å². The Morgan fingerprint density at radius 3 is 1.31 bits per heavy atom. The van der Waals surface area contributed by atoms with Crippen LogP contribution in [0.5, 0.6) is 69.0 Å². The monoisotopic (exact) mass is 1090 g/mol. The number of rotatable bonds is 0. The number of hydrogen-bond donors (Lipinski definition) is 17. The summed E-state index contributed by atoms with van der Waals surface area (Å²) in [6.45, 7) is -1.42. The summed E-state index contributed by atoms with van der Waals surface area (Å²) >= 11 is 0. The van der Waals surface area contributed by atoms with Crippen LogP contribution in [0.25, 0.3) is 22.3 Å². The Morgan fingerprint density at radius 2 is 0.808 bits per heavy atom. The van der Waals surface area contributed by atoms with E-state index < -0.39 is 255 Å². The molecule has 5 heterocycles. The predicted octanol–water partition coefficient (Wildman–Crippen LogP) is 0.0584. The van der Waals surface area contributed by atoms with Crippen LogP contribution in [0.1, 0.15) is 52.6 Å². The Hall–Kier alpha value is -10.9. The summed E-state index contributed by atoms with van der Waals surface area (Å²) in [6, 6.07) is 1.58. The van der Waals surface area contributed by atoms with E-state index in [1.54, 1.807) is 0 Å². The van der Waals surface area contributed by atoms with Gasteiger partial charge in [-0.2, -0.15) is 0 Å². The van der Waals surface area contributed by atoms with E-state index in [0.29, 0.717) is 24.3 Å². The Balaban J connectivity index is 1.18. The van der Waals surface area contributed by atoms with Crippen LogP contribution in [0.4, 0.5) is 0 Å². The molecule has 30 heteroatoms. The van der Waals surface area contributed by atoms with Crippen molar-refractivity contribution in [2.24, 2.45) is 0 Å². The van der Waals surface area contributed by atoms with Gasteiger partial charge >= 0.3 is 35.8 Å². The summed E-state index contributed by atoms with van der Waals surface area (Å²) < 4.78 is 35.5. The highest BCUT2D eigenvalue weighted by molar-refractivity contribution is 6.17. The van der Waals surface area contributed by atoms with Crippen LogP contribution < -0.4 is 0 Å². The first-order valence-corrected chi connectivity index (χ1v) is 22.0. The van der Waals surface area contributed by atoms with Crippen molar-refractivity contribution in [2.45, 2.75) is 42.9 Å². The smallest absolute Gasteiger partial charge is 0.540 e. The number of esters is 4. The van der Waals surface area contributed by atoms with E-state index in [0.717, 1.165) is 0 Å². The zero-order valence-electron chi connectivity index (χ0n) is 38.0. The summed E-state index contributed by atoms with van der Waals surface area (Å²) in [5.74, 6) is -33.3. The molecule has 11 rings (SSSR count). The first kappa shape index (κ1) is 49.3. The van der Waals surface area contributed by atoms with Gasteiger partial charge in [0.05, 0.1) is 39.0 Å². The second kappa shape index (κ2) is 16.6. The first-order valence-electron chi connectivity index (χ1n) is 22.0. The van der Waals surface area contributed by atoms with E-state index in [-0.39, 0.29) is 0 Å². The number of fused-ring (bicyclic) bond motifs is 11. The summed E-state index contributed by atoms with van der Waals surface area (Å²) in [5, 5.41) is 189. The highest BCUT2D eigenvalue weighted by Crippen LogP contribution is 2.58. The topological polar surface area (TPSA) is 518 Å². The molecule has 5 aliphatic heterocycles. The number of aliphatic hydroxyl groups is 7. The number of phenols is 12. The molecule has 2 unspecified atom stereocenters. The summed E-state index contributed by atoms with van der Waals surface area (Å²) in [4.78, 5) is 86.4. The number of hydrogen-bond acceptors (Lipinski definition) is 28. The molecule has 4 aromatic rings. The van der Waals surface area contributed by atoms with E-state index in [1.807, 2.05) is 0 Å². The fourth-order valence-corrected chi connectivity index (χ4v) is 10.1. The zero-order chi connectivity index (χ0) is 56.3. The lowest BCUT2D eigenvalue weighted by Gasteiger charge is -2.43. The fraction of sp³-hybridized carbons (Fsp3) is 0.167. The highest BCUT2D eigenvalue weighted by atomic mass is 16.7. The molecule has 7 aliphatic rings. The molecule has 7 atom stereocenters. The number of benzene rings is 4. The minimum Gasteiger partial charge on any atom is -0.540 e. The van der Waals surface area contributed by atoms with E-state index in [4.69, 9.17) is 23.7 Å². The van der Waals surface area contributed by atoms with Crippen molar-refractivity contribution in [3.8, 4) is 80.1 Å². The number of carbonyl (C=O) groups is 6. The van der Waals surface area contributed by atoms with Crippen LogP contribution in [0.2, 0.25) is 0 Å². The summed E-state index contributed by atoms with van der Waals surface area (Å²) in [6.07, 6.45) is -17.1. The third kappa shape index (κ3) is 6.55. The number of phenolic OH excluding ortho intramolecular Hbond substituents is 12. The number of cyclic esters (lactones) is 1. The lowest BCUT2D eigenvalue weighted by molar-refractivity contribution is -0.284. The van der Waals surface area contributed by atoms with E-state index in [2.05, 4.69) is 9.47 Å². The largest absolute Gasteiger partial charge is 0.552 e. The van der Waals surface area contributed by atoms with Gasteiger partial charge in [0, 0.05) is 31.8 Å². The van der Waals surface area contributed by atoms with E-state index >= 15 is 0 Å². The van der Waals surface area contributed by atoms with Crippen molar-refractivity contribution in [2.75, 3.05) is 6.61 Å². The number of allylic oxidation sites excluding steroid dienone is 2. The molecule has 402 valence electrons. The van der Waals surface area contributed by atoms with Gasteiger partial charge in [0.15, 0.2) is 82.1 Å². The minimum atomic E-state index is -2.68. The van der Waals surface area contributed by atoms with Crippen molar-refractivity contribution >= 4 is 47.0 Å². The van der Waals surface area contributed by atoms with Gasteiger partial charge in [0.2, 0.25) is 46.7 Å². The molecule has 8 bridgehead atoms. The number of aliphatic hydroxyl groups excluding tert-OH is 5. The van der Waals surface area contributed by atoms with Gasteiger partial charge in [0.1, 0.15) is 29.4 Å². The fourth-order valence-electron chi connectivity index (χ4n) is 10.1. The highest BCUT2D eigenvalue weighted by Gasteiger charge is 2.61.